The first kappa shape index (κ1) is 18.3. The van der Waals surface area contributed by atoms with Crippen LogP contribution < -0.4 is 14.8 Å². The summed E-state index contributed by atoms with van der Waals surface area (Å²) in [6, 6.07) is 14.0. The zero-order valence-corrected chi connectivity index (χ0v) is 15.1. The van der Waals surface area contributed by atoms with E-state index in [4.69, 9.17) is 9.47 Å². The number of methoxy groups -OCH3 is 1. The lowest BCUT2D eigenvalue weighted by Gasteiger charge is -2.08. The van der Waals surface area contributed by atoms with E-state index in [2.05, 4.69) is 28.6 Å². The quantitative estimate of drug-likeness (QED) is 0.534. The highest BCUT2D eigenvalue weighted by Gasteiger charge is 2.05. The van der Waals surface area contributed by atoms with E-state index in [1.165, 1.54) is 10.9 Å². The Hall–Kier alpha value is -2.53. The van der Waals surface area contributed by atoms with Crippen LogP contribution in [0.1, 0.15) is 17.5 Å². The van der Waals surface area contributed by atoms with Gasteiger partial charge in [-0.15, -0.1) is 0 Å². The lowest BCUT2D eigenvalue weighted by Crippen LogP contribution is -2.16. The molecule has 0 aliphatic rings. The maximum atomic E-state index is 12.1. The van der Waals surface area contributed by atoms with Crippen LogP contribution in [0, 0.1) is 0 Å². The van der Waals surface area contributed by atoms with Gasteiger partial charge in [-0.05, 0) is 48.4 Å². The Balaban J connectivity index is 1.49. The molecule has 3 aromatic rings. The summed E-state index contributed by atoms with van der Waals surface area (Å²) >= 11 is 0. The maximum absolute atomic E-state index is 12.1. The van der Waals surface area contributed by atoms with Crippen LogP contribution in [0.5, 0.6) is 11.5 Å². The lowest BCUT2D eigenvalue weighted by atomic mass is 10.1. The number of alkyl halides is 1. The molecule has 0 amide bonds. The molecule has 5 heteroatoms. The molecular formula is C21H25FN2O2. The second kappa shape index (κ2) is 9.25. The Morgan fingerprint density at radius 2 is 2.04 bits per heavy atom. The van der Waals surface area contributed by atoms with Gasteiger partial charge in [-0.25, -0.2) is 0 Å². The molecule has 0 aliphatic heterocycles. The third kappa shape index (κ3) is 4.76. The fourth-order valence-corrected chi connectivity index (χ4v) is 2.94. The van der Waals surface area contributed by atoms with Crippen LogP contribution in [0.25, 0.3) is 10.9 Å². The normalized spacial score (nSPS) is 11.0. The van der Waals surface area contributed by atoms with E-state index in [0.717, 1.165) is 42.1 Å². The molecular weight excluding hydrogens is 331 g/mol. The number of aromatic nitrogens is 1. The van der Waals surface area contributed by atoms with Gasteiger partial charge >= 0.3 is 0 Å². The molecule has 0 fully saturated rings. The van der Waals surface area contributed by atoms with E-state index < -0.39 is 0 Å². The van der Waals surface area contributed by atoms with Crippen LogP contribution in [0.15, 0.2) is 48.7 Å². The molecule has 1 aromatic heterocycles. The molecule has 26 heavy (non-hydrogen) atoms. The Bertz CT molecular complexity index is 832. The second-order valence-corrected chi connectivity index (χ2v) is 6.19. The summed E-state index contributed by atoms with van der Waals surface area (Å²) in [5, 5.41) is 4.70. The number of hydrogen-bond acceptors (Lipinski definition) is 3. The Morgan fingerprint density at radius 3 is 2.88 bits per heavy atom. The highest BCUT2D eigenvalue weighted by Crippen LogP contribution is 2.23. The average molecular weight is 356 g/mol. The molecule has 1 heterocycles. The molecule has 4 nitrogen and oxygen atoms in total. The van der Waals surface area contributed by atoms with Gasteiger partial charge in [-0.2, -0.15) is 0 Å². The first-order chi connectivity index (χ1) is 12.8. The van der Waals surface area contributed by atoms with Gasteiger partial charge in [-0.3, -0.25) is 4.39 Å². The Kier molecular flexibility index (Phi) is 6.50. The van der Waals surface area contributed by atoms with Gasteiger partial charge in [0.25, 0.3) is 0 Å². The van der Waals surface area contributed by atoms with E-state index >= 15 is 0 Å². The largest absolute Gasteiger partial charge is 0.497 e. The fraction of sp³-hybridized carbons (Fsp3) is 0.333. The smallest absolute Gasteiger partial charge is 0.120 e. The topological polar surface area (TPSA) is 46.3 Å². The van der Waals surface area contributed by atoms with Crippen molar-refractivity contribution in [1.29, 1.82) is 0 Å². The number of nitrogens with one attached hydrogen (secondary N) is 2. The molecule has 138 valence electrons. The SMILES string of the molecule is COc1ccc2c(CCNCc3cccc(OCCCF)c3)c[nH]c2c1. The van der Waals surface area contributed by atoms with E-state index in [-0.39, 0.29) is 6.67 Å². The number of aromatic amines is 1. The van der Waals surface area contributed by atoms with Gasteiger partial charge < -0.3 is 19.8 Å². The third-order valence-electron chi connectivity index (χ3n) is 4.32. The Morgan fingerprint density at radius 1 is 1.12 bits per heavy atom. The van der Waals surface area contributed by atoms with Gasteiger partial charge in [0, 0.05) is 36.1 Å². The van der Waals surface area contributed by atoms with E-state index in [9.17, 15) is 4.39 Å². The predicted octanol–water partition coefficient (Wildman–Crippen LogP) is 4.25. The van der Waals surface area contributed by atoms with E-state index in [1.807, 2.05) is 30.3 Å². The van der Waals surface area contributed by atoms with E-state index in [0.29, 0.717) is 13.0 Å². The van der Waals surface area contributed by atoms with Crippen LogP contribution in [-0.2, 0) is 13.0 Å². The minimum atomic E-state index is -0.345. The summed E-state index contributed by atoms with van der Waals surface area (Å²) in [5.41, 5.74) is 3.54. The highest BCUT2D eigenvalue weighted by molar-refractivity contribution is 5.84. The van der Waals surface area contributed by atoms with Gasteiger partial charge in [0.2, 0.25) is 0 Å². The summed E-state index contributed by atoms with van der Waals surface area (Å²) in [6.45, 7) is 1.73. The van der Waals surface area contributed by atoms with Crippen LogP contribution in [0.3, 0.4) is 0 Å². The van der Waals surface area contributed by atoms with Crippen LogP contribution in [0.4, 0.5) is 4.39 Å². The maximum Gasteiger partial charge on any atom is 0.120 e. The molecule has 0 bridgehead atoms. The molecule has 0 unspecified atom stereocenters. The van der Waals surface area contributed by atoms with Crippen molar-refractivity contribution in [2.75, 3.05) is 26.9 Å². The summed E-state index contributed by atoms with van der Waals surface area (Å²) < 4.78 is 22.9. The van der Waals surface area contributed by atoms with Crippen molar-refractivity contribution < 1.29 is 13.9 Å². The minimum absolute atomic E-state index is 0.345. The summed E-state index contributed by atoms with van der Waals surface area (Å²) in [7, 11) is 1.68. The number of halogens is 1. The Labute approximate surface area is 153 Å². The number of ether oxygens (including phenoxy) is 2. The van der Waals surface area contributed by atoms with Crippen molar-refractivity contribution >= 4 is 10.9 Å². The highest BCUT2D eigenvalue weighted by atomic mass is 19.1. The third-order valence-corrected chi connectivity index (χ3v) is 4.32. The zero-order chi connectivity index (χ0) is 18.2. The number of benzene rings is 2. The fourth-order valence-electron chi connectivity index (χ4n) is 2.94. The molecule has 0 aliphatic carbocycles. The molecule has 3 rings (SSSR count). The summed E-state index contributed by atoms with van der Waals surface area (Å²) in [4.78, 5) is 3.30. The second-order valence-electron chi connectivity index (χ2n) is 6.19. The molecule has 2 N–H and O–H groups in total. The number of H-pyrrole nitrogens is 1. The minimum Gasteiger partial charge on any atom is -0.497 e. The van der Waals surface area contributed by atoms with Gasteiger partial charge in [0.15, 0.2) is 0 Å². The van der Waals surface area contributed by atoms with Crippen molar-refractivity contribution in [2.24, 2.45) is 0 Å². The number of rotatable bonds is 10. The van der Waals surface area contributed by atoms with Crippen LogP contribution >= 0.6 is 0 Å². The zero-order valence-electron chi connectivity index (χ0n) is 15.1. The molecule has 0 saturated heterocycles. The van der Waals surface area contributed by atoms with Crippen molar-refractivity contribution in [3.8, 4) is 11.5 Å². The van der Waals surface area contributed by atoms with Gasteiger partial charge in [0.05, 0.1) is 20.4 Å². The molecule has 0 spiro atoms. The first-order valence-corrected chi connectivity index (χ1v) is 8.92. The van der Waals surface area contributed by atoms with Gasteiger partial charge in [-0.1, -0.05) is 12.1 Å². The summed E-state index contributed by atoms with van der Waals surface area (Å²) in [6.07, 6.45) is 3.43. The molecule has 0 atom stereocenters. The van der Waals surface area contributed by atoms with Crippen molar-refractivity contribution in [3.63, 3.8) is 0 Å². The van der Waals surface area contributed by atoms with Crippen molar-refractivity contribution in [2.45, 2.75) is 19.4 Å². The predicted molar refractivity (Wildman–Crippen MR) is 103 cm³/mol. The first-order valence-electron chi connectivity index (χ1n) is 8.92. The van der Waals surface area contributed by atoms with Crippen LogP contribution in [0.2, 0.25) is 0 Å². The van der Waals surface area contributed by atoms with E-state index in [1.54, 1.807) is 7.11 Å². The van der Waals surface area contributed by atoms with Crippen molar-refractivity contribution in [3.05, 3.63) is 59.8 Å². The monoisotopic (exact) mass is 356 g/mol. The van der Waals surface area contributed by atoms with Crippen molar-refractivity contribution in [1.82, 2.24) is 10.3 Å². The van der Waals surface area contributed by atoms with Gasteiger partial charge in [0.1, 0.15) is 11.5 Å². The van der Waals surface area contributed by atoms with Crippen LogP contribution in [-0.4, -0.2) is 31.9 Å². The number of fused-ring (bicyclic) bond motifs is 1. The molecule has 0 radical (unpaired) electrons. The molecule has 2 aromatic carbocycles. The number of hydrogen-bond donors (Lipinski definition) is 2. The lowest BCUT2D eigenvalue weighted by molar-refractivity contribution is 0.289. The molecule has 0 saturated carbocycles. The standard InChI is InChI=1S/C21H25FN2O2/c1-25-18-6-7-20-17(15-24-21(20)13-18)8-10-23-14-16-4-2-5-19(12-16)26-11-3-9-22/h2,4-7,12-13,15,23-24H,3,8-11,14H2,1H3. The average Bonchev–Trinajstić information content (AvgIpc) is 3.08. The summed E-state index contributed by atoms with van der Waals surface area (Å²) in [5.74, 6) is 1.65.